The van der Waals surface area contributed by atoms with E-state index in [9.17, 15) is 4.79 Å². The molecule has 0 bridgehead atoms. The number of rotatable bonds is 5. The van der Waals surface area contributed by atoms with E-state index in [1.54, 1.807) is 12.3 Å². The Labute approximate surface area is 141 Å². The Balaban J connectivity index is 1.49. The van der Waals surface area contributed by atoms with E-state index in [1.807, 2.05) is 31.0 Å². The van der Waals surface area contributed by atoms with Gasteiger partial charge in [-0.2, -0.15) is 5.10 Å². The maximum absolute atomic E-state index is 12.8. The van der Waals surface area contributed by atoms with Crippen LogP contribution >= 0.6 is 0 Å². The molecule has 1 amide bonds. The third-order valence-corrected chi connectivity index (χ3v) is 5.77. The van der Waals surface area contributed by atoms with E-state index in [0.717, 1.165) is 31.6 Å². The van der Waals surface area contributed by atoms with Crippen LogP contribution in [-0.2, 0) is 4.74 Å². The summed E-state index contributed by atoms with van der Waals surface area (Å²) >= 11 is 0. The first kappa shape index (κ1) is 15.4. The van der Waals surface area contributed by atoms with Gasteiger partial charge in [-0.05, 0) is 38.3 Å². The van der Waals surface area contributed by atoms with E-state index in [4.69, 9.17) is 9.15 Å². The van der Waals surface area contributed by atoms with Crippen LogP contribution in [0.25, 0.3) is 11.5 Å². The van der Waals surface area contributed by atoms with Crippen LogP contribution in [0.15, 0.2) is 28.9 Å². The Morgan fingerprint density at radius 2 is 2.38 bits per heavy atom. The maximum Gasteiger partial charge on any atom is 0.274 e. The number of aromatic amines is 1. The van der Waals surface area contributed by atoms with Gasteiger partial charge in [0.25, 0.3) is 5.91 Å². The number of ether oxygens (including phenoxy) is 1. The largest absolute Gasteiger partial charge is 0.463 e. The highest BCUT2D eigenvalue weighted by Crippen LogP contribution is 2.59. The molecule has 0 saturated heterocycles. The lowest BCUT2D eigenvalue weighted by molar-refractivity contribution is -0.192. The molecule has 1 spiro atoms. The second-order valence-corrected chi connectivity index (χ2v) is 6.84. The lowest BCUT2D eigenvalue weighted by atomic mass is 9.50. The van der Waals surface area contributed by atoms with E-state index in [0.29, 0.717) is 17.6 Å². The smallest absolute Gasteiger partial charge is 0.274 e. The average Bonchev–Trinajstić information content (AvgIpc) is 3.18. The summed E-state index contributed by atoms with van der Waals surface area (Å²) in [6, 6.07) is 5.66. The summed E-state index contributed by atoms with van der Waals surface area (Å²) in [5.41, 5.74) is 1.31. The summed E-state index contributed by atoms with van der Waals surface area (Å²) in [4.78, 5) is 14.7. The van der Waals surface area contributed by atoms with E-state index < -0.39 is 0 Å². The molecule has 2 aliphatic rings. The summed E-state index contributed by atoms with van der Waals surface area (Å²) in [6.45, 7) is 2.77. The fraction of sp³-hybridized carbons (Fsp3) is 0.556. The molecule has 6 nitrogen and oxygen atoms in total. The molecule has 128 valence electrons. The van der Waals surface area contributed by atoms with Crippen LogP contribution in [0.3, 0.4) is 0 Å². The number of nitrogens with one attached hydrogen (secondary N) is 1. The second kappa shape index (κ2) is 5.77. The summed E-state index contributed by atoms with van der Waals surface area (Å²) in [7, 11) is 1.89. The van der Waals surface area contributed by atoms with Gasteiger partial charge in [0.1, 0.15) is 5.69 Å². The molecule has 0 unspecified atom stereocenters. The molecular weight excluding hydrogens is 306 g/mol. The normalized spacial score (nSPS) is 24.4. The van der Waals surface area contributed by atoms with Gasteiger partial charge in [0, 0.05) is 31.2 Å². The fourth-order valence-corrected chi connectivity index (χ4v) is 4.26. The zero-order valence-corrected chi connectivity index (χ0v) is 14.1. The number of carbonyl (C=O) groups is 1. The van der Waals surface area contributed by atoms with Gasteiger partial charge in [0.2, 0.25) is 0 Å². The molecule has 2 atom stereocenters. The van der Waals surface area contributed by atoms with Crippen molar-refractivity contribution in [1.29, 1.82) is 0 Å². The minimum Gasteiger partial charge on any atom is -0.463 e. The second-order valence-electron chi connectivity index (χ2n) is 6.84. The first-order valence-corrected chi connectivity index (χ1v) is 8.64. The molecule has 0 radical (unpaired) electrons. The SMILES string of the molecule is CCO[C@@H]1C[C@@H](N(C)C(=O)c2cc(-c3ccco3)[nH]n2)C12CCC2. The molecule has 2 aromatic rings. The first-order valence-electron chi connectivity index (χ1n) is 8.64. The van der Waals surface area contributed by atoms with Crippen LogP contribution in [0.1, 0.15) is 43.1 Å². The molecule has 0 aliphatic heterocycles. The number of carbonyl (C=O) groups excluding carboxylic acids is 1. The summed E-state index contributed by atoms with van der Waals surface area (Å²) in [5.74, 6) is 0.634. The maximum atomic E-state index is 12.8. The van der Waals surface area contributed by atoms with Gasteiger partial charge in [-0.1, -0.05) is 6.42 Å². The summed E-state index contributed by atoms with van der Waals surface area (Å²) in [6.07, 6.45) is 6.36. The number of aromatic nitrogens is 2. The number of hydrogen-bond acceptors (Lipinski definition) is 4. The van der Waals surface area contributed by atoms with Crippen molar-refractivity contribution in [3.8, 4) is 11.5 Å². The topological polar surface area (TPSA) is 71.4 Å². The number of H-pyrrole nitrogens is 1. The predicted octanol–water partition coefficient (Wildman–Crippen LogP) is 3.09. The van der Waals surface area contributed by atoms with Gasteiger partial charge < -0.3 is 14.1 Å². The van der Waals surface area contributed by atoms with Crippen molar-refractivity contribution in [2.45, 2.75) is 44.8 Å². The summed E-state index contributed by atoms with van der Waals surface area (Å²) in [5, 5.41) is 7.05. The van der Waals surface area contributed by atoms with E-state index in [2.05, 4.69) is 10.2 Å². The molecule has 4 rings (SSSR count). The van der Waals surface area contributed by atoms with E-state index >= 15 is 0 Å². The zero-order chi connectivity index (χ0) is 16.7. The van der Waals surface area contributed by atoms with Crippen molar-refractivity contribution in [3.63, 3.8) is 0 Å². The average molecular weight is 329 g/mol. The quantitative estimate of drug-likeness (QED) is 0.915. The third-order valence-electron chi connectivity index (χ3n) is 5.77. The van der Waals surface area contributed by atoms with Crippen LogP contribution in [0.4, 0.5) is 0 Å². The molecule has 6 heteroatoms. The number of furan rings is 1. The van der Waals surface area contributed by atoms with E-state index in [-0.39, 0.29) is 17.4 Å². The van der Waals surface area contributed by atoms with Crippen LogP contribution in [0.2, 0.25) is 0 Å². The summed E-state index contributed by atoms with van der Waals surface area (Å²) < 4.78 is 11.2. The third kappa shape index (κ3) is 2.20. The first-order chi connectivity index (χ1) is 11.7. The van der Waals surface area contributed by atoms with Gasteiger partial charge in [-0.25, -0.2) is 0 Å². The zero-order valence-electron chi connectivity index (χ0n) is 14.1. The highest BCUT2D eigenvalue weighted by atomic mass is 16.5. The number of amides is 1. The molecular formula is C18H23N3O3. The Kier molecular flexibility index (Phi) is 3.72. The standard InChI is InChI=1S/C18H23N3O3/c1-3-23-16-11-15(18(16)7-5-8-18)21(2)17(22)13-10-12(19-20-13)14-6-4-9-24-14/h4,6,9-10,15-16H,3,5,7-8,11H2,1-2H3,(H,19,20)/t15-,16-/m1/s1. The van der Waals surface area contributed by atoms with Gasteiger partial charge in [0.15, 0.2) is 11.5 Å². The minimum atomic E-state index is -0.0460. The van der Waals surface area contributed by atoms with Gasteiger partial charge in [-0.3, -0.25) is 9.89 Å². The van der Waals surface area contributed by atoms with Crippen LogP contribution < -0.4 is 0 Å². The molecule has 2 aromatic heterocycles. The predicted molar refractivity (Wildman–Crippen MR) is 88.5 cm³/mol. The highest BCUT2D eigenvalue weighted by Gasteiger charge is 2.61. The van der Waals surface area contributed by atoms with Gasteiger partial charge >= 0.3 is 0 Å². The Morgan fingerprint density at radius 1 is 1.54 bits per heavy atom. The Hall–Kier alpha value is -2.08. The number of nitrogens with zero attached hydrogens (tertiary/aromatic N) is 2. The monoisotopic (exact) mass is 329 g/mol. The van der Waals surface area contributed by atoms with Crippen molar-refractivity contribution in [2.24, 2.45) is 5.41 Å². The molecule has 2 aliphatic carbocycles. The van der Waals surface area contributed by atoms with Gasteiger partial charge in [0.05, 0.1) is 12.4 Å². The molecule has 2 heterocycles. The highest BCUT2D eigenvalue weighted by molar-refractivity contribution is 5.93. The molecule has 24 heavy (non-hydrogen) atoms. The van der Waals surface area contributed by atoms with Gasteiger partial charge in [-0.15, -0.1) is 0 Å². The van der Waals surface area contributed by atoms with Crippen molar-refractivity contribution >= 4 is 5.91 Å². The lowest BCUT2D eigenvalue weighted by Crippen LogP contribution is -2.67. The Morgan fingerprint density at radius 3 is 3.00 bits per heavy atom. The molecule has 2 saturated carbocycles. The fourth-order valence-electron chi connectivity index (χ4n) is 4.26. The van der Waals surface area contributed by atoms with Crippen LogP contribution in [0, 0.1) is 5.41 Å². The number of hydrogen-bond donors (Lipinski definition) is 1. The lowest BCUT2D eigenvalue weighted by Gasteiger charge is -2.63. The van der Waals surface area contributed by atoms with E-state index in [1.165, 1.54) is 6.42 Å². The molecule has 2 fully saturated rings. The van der Waals surface area contributed by atoms with Crippen LogP contribution in [0.5, 0.6) is 0 Å². The van der Waals surface area contributed by atoms with Crippen molar-refractivity contribution in [1.82, 2.24) is 15.1 Å². The minimum absolute atomic E-state index is 0.0460. The van der Waals surface area contributed by atoms with Crippen LogP contribution in [-0.4, -0.2) is 46.8 Å². The Bertz CT molecular complexity index is 718. The molecule has 0 aromatic carbocycles. The van der Waals surface area contributed by atoms with Crippen molar-refractivity contribution in [2.75, 3.05) is 13.7 Å². The van der Waals surface area contributed by atoms with Crippen molar-refractivity contribution in [3.05, 3.63) is 30.2 Å². The van der Waals surface area contributed by atoms with Crippen molar-refractivity contribution < 1.29 is 13.9 Å². The molecule has 1 N–H and O–H groups in total.